The lowest BCUT2D eigenvalue weighted by Gasteiger charge is -2.60. The molecule has 15 atom stereocenters. The van der Waals surface area contributed by atoms with Gasteiger partial charge in [-0.1, -0.05) is 43.3 Å². The van der Waals surface area contributed by atoms with Crippen LogP contribution in [0.1, 0.15) is 0 Å². The molecule has 0 aromatic heterocycles. The monoisotopic (exact) mass is 1540 g/mol. The van der Waals surface area contributed by atoms with Crippen molar-refractivity contribution in [2.24, 2.45) is 0 Å². The average Bonchev–Trinajstić information content (AvgIpc) is 1.49. The fraction of sp³-hybridized carbons (Fsp3) is 1.00. The molecule has 16 saturated heterocycles. The molecule has 89 heavy (non-hydrogen) atoms. The van der Waals surface area contributed by atoms with Gasteiger partial charge in [0.2, 0.25) is 0 Å². The van der Waals surface area contributed by atoms with Crippen molar-refractivity contribution in [1.29, 1.82) is 0 Å². The first-order chi connectivity index (χ1) is 40.5. The molecule has 0 saturated carbocycles. The Hall–Kier alpha value is -2.07. The number of fused-ring (bicyclic) bond motifs is 19. The highest BCUT2D eigenvalue weighted by molar-refractivity contribution is 7.84. The van der Waals surface area contributed by atoms with Gasteiger partial charge in [-0.05, 0) is 0 Å². The molecule has 16 aliphatic heterocycles. The lowest BCUT2D eigenvalue weighted by atomic mass is 9.84. The lowest BCUT2D eigenvalue weighted by molar-refractivity contribution is -0.694. The van der Waals surface area contributed by atoms with Crippen LogP contribution >= 0.6 is 0 Å². The van der Waals surface area contributed by atoms with Crippen LogP contribution in [0.25, 0.3) is 0 Å². The molecule has 16 heterocycles. The molecule has 1 N–H and O–H groups in total. The van der Waals surface area contributed by atoms with Crippen LogP contribution in [0.4, 0.5) is 0 Å². The summed E-state index contributed by atoms with van der Waals surface area (Å²) in [7, 11) is -82.2. The molecule has 0 radical (unpaired) electrons. The molecule has 0 aliphatic carbocycles. The van der Waals surface area contributed by atoms with Crippen LogP contribution in [0, 0.1) is 0 Å². The molecule has 16 fully saturated rings. The standard InChI is InChI=1S/C18H10O60S11/c19-10-7(57-79(20,21)60-10)2-43-71-87(36,37)75-53-11-8-3-44-70-86(34,35)72-46-5-4-1-42-69-85(32,33)62-12(10)14(48-7)18(56-78-84(30,31)58-8)67-80(22,23)59-9(16(45-4,50-12)65-83(28,29)68-18)6(5)47-73-88(38,39)76-54-13(11,63-81(24,25)61-11)15(55-77-89(40,41)74-52-9)17(49-8,51-14)66-82(26,27)64-15/h4-6,19H,1-3H2/t4-,5+,6+,7-,8-,9-,10+,11+,12-,13+,14+,15-,16-,17+,18?/m1/s1. The van der Waals surface area contributed by atoms with Gasteiger partial charge in [-0.2, -0.15) is 150 Å². The van der Waals surface area contributed by atoms with Gasteiger partial charge in [-0.15, -0.1) is 4.89 Å². The second-order valence-corrected chi connectivity index (χ2v) is 29.5. The topological polar surface area (TPSA) is 737 Å². The van der Waals surface area contributed by atoms with Crippen LogP contribution in [-0.2, 0) is 280 Å². The van der Waals surface area contributed by atoms with Crippen molar-refractivity contribution in [3.05, 3.63) is 0 Å². The number of hydrogen-bond donors (Lipinski definition) is 1. The van der Waals surface area contributed by atoms with Gasteiger partial charge in [-0.3, -0.25) is 18.9 Å². The zero-order valence-electron chi connectivity index (χ0n) is 38.9. The Bertz CT molecular complexity index is 4490. The molecule has 71 heteroatoms. The Kier molecular flexibility index (Phi) is 13.1. The zero-order chi connectivity index (χ0) is 64.5. The van der Waals surface area contributed by atoms with Gasteiger partial charge in [0.05, 0.1) is 0 Å². The maximum atomic E-state index is 15.3. The van der Waals surface area contributed by atoms with Crippen molar-refractivity contribution < 1.29 is 264 Å². The third-order valence-electron chi connectivity index (χ3n) is 11.9. The molecule has 0 aromatic rings. The quantitative estimate of drug-likeness (QED) is 0.220. The van der Waals surface area contributed by atoms with Gasteiger partial charge < -0.3 is 9.84 Å². The summed E-state index contributed by atoms with van der Waals surface area (Å²) in [5, 5.41) is 13.4. The van der Waals surface area contributed by atoms with E-state index in [-0.39, 0.29) is 0 Å². The largest absolute Gasteiger partial charge is 0.453 e. The summed E-state index contributed by atoms with van der Waals surface area (Å²) < 4.78 is 442. The molecule has 1 unspecified atom stereocenters. The number of rotatable bonds is 0. The van der Waals surface area contributed by atoms with Crippen molar-refractivity contribution in [2.45, 2.75) is 88.3 Å². The summed E-state index contributed by atoms with van der Waals surface area (Å²) in [4.78, 5) is 45.5. The van der Waals surface area contributed by atoms with Crippen LogP contribution in [0.15, 0.2) is 0 Å². The minimum Gasteiger partial charge on any atom is -0.356 e. The van der Waals surface area contributed by atoms with Crippen molar-refractivity contribution in [2.75, 3.05) is 19.8 Å². The maximum absolute atomic E-state index is 15.3. The summed E-state index contributed by atoms with van der Waals surface area (Å²) in [6.07, 6.45) is -12.1. The first-order valence-corrected chi connectivity index (χ1v) is 35.1. The van der Waals surface area contributed by atoms with E-state index in [2.05, 4.69) is 130 Å². The molecule has 0 aromatic carbocycles. The van der Waals surface area contributed by atoms with Gasteiger partial charge in [0.1, 0.15) is 25.9 Å². The van der Waals surface area contributed by atoms with Gasteiger partial charge in [0.25, 0.3) is 11.6 Å². The summed E-state index contributed by atoms with van der Waals surface area (Å²) >= 11 is 0. The minimum atomic E-state index is -8.01. The van der Waals surface area contributed by atoms with Crippen LogP contribution in [0.5, 0.6) is 0 Å². The lowest BCUT2D eigenvalue weighted by Crippen LogP contribution is -2.91. The minimum absolute atomic E-state index is 2.32. The van der Waals surface area contributed by atoms with Crippen molar-refractivity contribution in [3.63, 3.8) is 0 Å². The molecule has 16 rings (SSSR count). The average molecular weight is 1540 g/mol. The summed E-state index contributed by atoms with van der Waals surface area (Å²) in [5.41, 5.74) is 0. The predicted molar refractivity (Wildman–Crippen MR) is 199 cm³/mol. The molecule has 0 amide bonds. The van der Waals surface area contributed by atoms with E-state index in [0.29, 0.717) is 0 Å². The molecule has 60 nitrogen and oxygen atoms in total. The molecule has 16 aliphatic rings. The summed E-state index contributed by atoms with van der Waals surface area (Å²) in [5.74, 6) is -74.7. The van der Waals surface area contributed by atoms with Crippen molar-refractivity contribution in [3.8, 4) is 0 Å². The van der Waals surface area contributed by atoms with Gasteiger partial charge in [0, 0.05) is 0 Å². The Labute approximate surface area is 484 Å². The molecule has 11 spiro atoms. The van der Waals surface area contributed by atoms with Crippen LogP contribution in [-0.4, -0.2) is 206 Å². The Balaban J connectivity index is 1.33. The van der Waals surface area contributed by atoms with E-state index in [1.807, 2.05) is 0 Å². The molecular formula is C18H10O60S11. The van der Waals surface area contributed by atoms with Crippen molar-refractivity contribution in [1.82, 2.24) is 0 Å². The second kappa shape index (κ2) is 18.1. The van der Waals surface area contributed by atoms with Crippen LogP contribution in [0.2, 0.25) is 0 Å². The third-order valence-corrected chi connectivity index (χ3v) is 19.7. The third kappa shape index (κ3) is 8.69. The van der Waals surface area contributed by atoms with E-state index in [1.165, 1.54) is 0 Å². The number of hydrogen-bond acceptors (Lipinski definition) is 60. The van der Waals surface area contributed by atoms with E-state index in [4.69, 9.17) is 36.2 Å². The van der Waals surface area contributed by atoms with Crippen LogP contribution < -0.4 is 0 Å². The highest BCUT2D eigenvalue weighted by Crippen LogP contribution is 2.75. The molecular weight excluding hydrogens is 1530 g/mol. The Morgan fingerprint density at radius 1 is 0.303 bits per heavy atom. The highest BCUT2D eigenvalue weighted by atomic mass is 32.3. The number of aliphatic hydroxyl groups is 1. The van der Waals surface area contributed by atoms with Crippen molar-refractivity contribution >= 4 is 114 Å². The SMILES string of the molecule is O=S1(=O)OOC[C@]23O[C@]45O[C@@]67O[C@@]89COOS(=O)(=O)OO[C@]2%10OS(=O)(=O)O[C@@]%102OOS(=O)(=O)OO[C@H]%10[C@@H](OO1)[C@H]1COOS(=O)(=O)O[C@]6(O[C@@]6(O1)OS(=O)(=O)OC7(OOS(=O)(=O)O3)OS(=O)(=O)O[C@]%106OOS(=O)(=O)OO[C@]42OS(=O)(=O)O5)[C@@]8(O)OS(=O)(=O)O9. The van der Waals surface area contributed by atoms with E-state index in [0.717, 1.165) is 0 Å². The first kappa shape index (κ1) is 64.3. The van der Waals surface area contributed by atoms with Crippen LogP contribution in [0.3, 0.4) is 0 Å². The molecule has 13 bridgehead atoms. The Morgan fingerprint density at radius 3 is 1.43 bits per heavy atom. The van der Waals surface area contributed by atoms with Gasteiger partial charge in [-0.25, -0.2) is 37.0 Å². The highest BCUT2D eigenvalue weighted by Gasteiger charge is 3.08. The zero-order valence-corrected chi connectivity index (χ0v) is 47.9. The molecule has 508 valence electrons. The summed E-state index contributed by atoms with van der Waals surface area (Å²) in [6, 6.07) is 0. The normalized spacial score (nSPS) is 52.7. The van der Waals surface area contributed by atoms with Gasteiger partial charge >= 0.3 is 173 Å². The second-order valence-electron chi connectivity index (χ2n) is 17.1. The fourth-order valence-corrected chi connectivity index (χ4v) is 17.5. The van der Waals surface area contributed by atoms with E-state index >= 15 is 16.8 Å². The first-order valence-electron chi connectivity index (χ1n) is 20.4. The number of ether oxygens (including phenoxy) is 5. The Morgan fingerprint density at radius 2 is 0.742 bits per heavy atom. The van der Waals surface area contributed by atoms with Gasteiger partial charge in [0.15, 0.2) is 12.2 Å². The maximum Gasteiger partial charge on any atom is 0.453 e. The fourth-order valence-electron chi connectivity index (χ4n) is 9.28. The van der Waals surface area contributed by atoms with E-state index in [1.54, 1.807) is 0 Å². The van der Waals surface area contributed by atoms with E-state index in [9.17, 15) is 80.9 Å². The van der Waals surface area contributed by atoms with E-state index < -0.39 is 223 Å². The smallest absolute Gasteiger partial charge is 0.356 e. The summed E-state index contributed by atoms with van der Waals surface area (Å²) in [6.45, 7) is -8.72. The predicted octanol–water partition coefficient (Wildman–Crippen LogP) is -13.0.